The Labute approximate surface area is 122 Å². The van der Waals surface area contributed by atoms with Crippen LogP contribution in [0.25, 0.3) is 0 Å². The van der Waals surface area contributed by atoms with E-state index in [1.54, 1.807) is 12.1 Å². The van der Waals surface area contributed by atoms with E-state index >= 15 is 0 Å². The molecule has 0 atom stereocenters. The molecule has 5 nitrogen and oxygen atoms in total. The molecule has 0 bridgehead atoms. The molecule has 1 aliphatic carbocycles. The van der Waals surface area contributed by atoms with Gasteiger partial charge in [0.05, 0.1) is 10.7 Å². The fourth-order valence-corrected chi connectivity index (χ4v) is 2.92. The van der Waals surface area contributed by atoms with E-state index in [1.165, 1.54) is 0 Å². The summed E-state index contributed by atoms with van der Waals surface area (Å²) in [4.78, 5) is 12.5. The Balaban J connectivity index is 2.26. The number of halogens is 1. The molecule has 6 heteroatoms. The first kappa shape index (κ1) is 14.7. The molecule has 0 unspecified atom stereocenters. The molecule has 1 amide bonds. The molecule has 20 heavy (non-hydrogen) atoms. The van der Waals surface area contributed by atoms with Crippen LogP contribution in [-0.2, 0) is 4.79 Å². The second-order valence-corrected chi connectivity index (χ2v) is 5.62. The molecule has 0 radical (unpaired) electrons. The third-order valence-electron chi connectivity index (χ3n) is 3.86. The van der Waals surface area contributed by atoms with Gasteiger partial charge in [-0.15, -0.1) is 0 Å². The predicted octanol–water partition coefficient (Wildman–Crippen LogP) is 2.89. The average Bonchev–Trinajstić information content (AvgIpc) is 2.91. The van der Waals surface area contributed by atoms with Gasteiger partial charge in [-0.3, -0.25) is 4.79 Å². The Kier molecular flexibility index (Phi) is 4.18. The maximum Gasteiger partial charge on any atom is 0.238 e. The monoisotopic (exact) mass is 295 g/mol. The molecular weight excluding hydrogens is 278 g/mol. The van der Waals surface area contributed by atoms with Gasteiger partial charge in [-0.05, 0) is 37.5 Å². The highest BCUT2D eigenvalue weighted by atomic mass is 35.5. The van der Waals surface area contributed by atoms with Crippen molar-refractivity contribution in [3.63, 3.8) is 0 Å². The van der Waals surface area contributed by atoms with Crippen LogP contribution in [0, 0.1) is 12.3 Å². The molecule has 0 heterocycles. The van der Waals surface area contributed by atoms with Crippen LogP contribution in [-0.4, -0.2) is 17.0 Å². The van der Waals surface area contributed by atoms with Crippen molar-refractivity contribution in [2.75, 3.05) is 5.32 Å². The van der Waals surface area contributed by atoms with Gasteiger partial charge in [-0.2, -0.15) is 0 Å². The van der Waals surface area contributed by atoms with Crippen LogP contribution in [0.3, 0.4) is 0 Å². The Morgan fingerprint density at radius 2 is 2.10 bits per heavy atom. The summed E-state index contributed by atoms with van der Waals surface area (Å²) in [6, 6.07) is 5.40. The van der Waals surface area contributed by atoms with Crippen molar-refractivity contribution >= 4 is 29.0 Å². The number of nitrogens with one attached hydrogen (secondary N) is 1. The quantitative estimate of drug-likeness (QED) is 0.347. The molecule has 1 aromatic carbocycles. The van der Waals surface area contributed by atoms with Gasteiger partial charge in [0.25, 0.3) is 0 Å². The third-order valence-corrected chi connectivity index (χ3v) is 4.18. The largest absolute Gasteiger partial charge is 0.409 e. The summed E-state index contributed by atoms with van der Waals surface area (Å²) in [7, 11) is 0. The van der Waals surface area contributed by atoms with Crippen molar-refractivity contribution in [1.29, 1.82) is 0 Å². The summed E-state index contributed by atoms with van der Waals surface area (Å²) in [6.07, 6.45) is 2.92. The molecule has 0 saturated heterocycles. The van der Waals surface area contributed by atoms with E-state index in [0.717, 1.165) is 18.4 Å². The zero-order valence-electron chi connectivity index (χ0n) is 11.3. The van der Waals surface area contributed by atoms with Crippen LogP contribution in [0.4, 0.5) is 5.69 Å². The first-order valence-electron chi connectivity index (χ1n) is 6.55. The van der Waals surface area contributed by atoms with Crippen LogP contribution in [0.15, 0.2) is 23.4 Å². The number of hydrogen-bond acceptors (Lipinski definition) is 3. The maximum atomic E-state index is 12.5. The number of benzene rings is 1. The summed E-state index contributed by atoms with van der Waals surface area (Å²) in [5.74, 6) is -0.299. The predicted molar refractivity (Wildman–Crippen MR) is 79.1 cm³/mol. The minimum Gasteiger partial charge on any atom is -0.409 e. The van der Waals surface area contributed by atoms with Crippen LogP contribution in [0.2, 0.25) is 5.02 Å². The molecule has 0 spiro atoms. The van der Waals surface area contributed by atoms with E-state index in [4.69, 9.17) is 22.5 Å². The Bertz CT molecular complexity index is 551. The molecule has 2 rings (SSSR count). The Hall–Kier alpha value is -1.75. The van der Waals surface area contributed by atoms with Crippen molar-refractivity contribution in [3.8, 4) is 0 Å². The standard InChI is InChI=1S/C14H18ClN3O2/c1-9-4-5-11(10(15)8-9)17-13(19)14(12(16)18-20)6-2-3-7-14/h4-5,8,20H,2-3,6-7H2,1H3,(H2,16,18)(H,17,19). The third kappa shape index (κ3) is 2.58. The minimum absolute atomic E-state index is 0.0317. The van der Waals surface area contributed by atoms with Crippen LogP contribution in [0.1, 0.15) is 31.2 Å². The van der Waals surface area contributed by atoms with Crippen molar-refractivity contribution < 1.29 is 10.0 Å². The highest BCUT2D eigenvalue weighted by Gasteiger charge is 2.45. The van der Waals surface area contributed by atoms with Gasteiger partial charge in [-0.1, -0.05) is 35.7 Å². The minimum atomic E-state index is -0.928. The summed E-state index contributed by atoms with van der Waals surface area (Å²) >= 11 is 6.11. The van der Waals surface area contributed by atoms with E-state index in [9.17, 15) is 4.79 Å². The number of amidine groups is 1. The van der Waals surface area contributed by atoms with Crippen molar-refractivity contribution in [2.24, 2.45) is 16.3 Å². The second-order valence-electron chi connectivity index (χ2n) is 5.21. The first-order valence-corrected chi connectivity index (χ1v) is 6.93. The van der Waals surface area contributed by atoms with E-state index in [1.807, 2.05) is 13.0 Å². The van der Waals surface area contributed by atoms with Crippen molar-refractivity contribution in [1.82, 2.24) is 0 Å². The zero-order chi connectivity index (χ0) is 14.8. The molecule has 1 saturated carbocycles. The highest BCUT2D eigenvalue weighted by molar-refractivity contribution is 6.34. The lowest BCUT2D eigenvalue weighted by atomic mass is 9.83. The highest BCUT2D eigenvalue weighted by Crippen LogP contribution is 2.40. The number of anilines is 1. The average molecular weight is 296 g/mol. The second kappa shape index (κ2) is 5.71. The molecule has 4 N–H and O–H groups in total. The number of hydrogen-bond donors (Lipinski definition) is 3. The van der Waals surface area contributed by atoms with Crippen molar-refractivity contribution in [2.45, 2.75) is 32.6 Å². The SMILES string of the molecule is Cc1ccc(NC(=O)C2(C(N)=NO)CCCC2)c(Cl)c1. The number of nitrogens with zero attached hydrogens (tertiary/aromatic N) is 1. The normalized spacial score (nSPS) is 18.0. The van der Waals surface area contributed by atoms with Crippen LogP contribution in [0.5, 0.6) is 0 Å². The smallest absolute Gasteiger partial charge is 0.238 e. The van der Waals surface area contributed by atoms with Gasteiger partial charge < -0.3 is 16.3 Å². The molecule has 108 valence electrons. The molecule has 1 aliphatic rings. The molecular formula is C14H18ClN3O2. The molecule has 0 aromatic heterocycles. The number of oxime groups is 1. The molecule has 1 aromatic rings. The number of nitrogens with two attached hydrogens (primary N) is 1. The fourth-order valence-electron chi connectivity index (χ4n) is 2.64. The first-order chi connectivity index (χ1) is 9.49. The number of aryl methyl sites for hydroxylation is 1. The van der Waals surface area contributed by atoms with Gasteiger partial charge in [0.2, 0.25) is 5.91 Å². The lowest BCUT2D eigenvalue weighted by molar-refractivity contribution is -0.122. The van der Waals surface area contributed by atoms with Gasteiger partial charge >= 0.3 is 0 Å². The molecule has 0 aliphatic heterocycles. The molecule has 1 fully saturated rings. The Morgan fingerprint density at radius 3 is 2.65 bits per heavy atom. The van der Waals surface area contributed by atoms with E-state index < -0.39 is 5.41 Å². The van der Waals surface area contributed by atoms with E-state index in [-0.39, 0.29) is 11.7 Å². The number of carbonyl (C=O) groups is 1. The van der Waals surface area contributed by atoms with Crippen LogP contribution < -0.4 is 11.1 Å². The van der Waals surface area contributed by atoms with Gasteiger partial charge in [0.15, 0.2) is 5.84 Å². The summed E-state index contributed by atoms with van der Waals surface area (Å²) < 4.78 is 0. The van der Waals surface area contributed by atoms with Gasteiger partial charge in [-0.25, -0.2) is 0 Å². The van der Waals surface area contributed by atoms with Crippen LogP contribution >= 0.6 is 11.6 Å². The number of carbonyl (C=O) groups excluding carboxylic acids is 1. The number of rotatable bonds is 3. The zero-order valence-corrected chi connectivity index (χ0v) is 12.1. The van der Waals surface area contributed by atoms with Crippen molar-refractivity contribution in [3.05, 3.63) is 28.8 Å². The van der Waals surface area contributed by atoms with E-state index in [2.05, 4.69) is 10.5 Å². The fraction of sp³-hybridized carbons (Fsp3) is 0.429. The summed E-state index contributed by atoms with van der Waals surface area (Å²) in [6.45, 7) is 1.92. The maximum absolute atomic E-state index is 12.5. The summed E-state index contributed by atoms with van der Waals surface area (Å²) in [5.41, 5.74) is 6.36. The Morgan fingerprint density at radius 1 is 1.45 bits per heavy atom. The van der Waals surface area contributed by atoms with Gasteiger partial charge in [0, 0.05) is 0 Å². The lowest BCUT2D eigenvalue weighted by Gasteiger charge is -2.26. The lowest BCUT2D eigenvalue weighted by Crippen LogP contribution is -2.45. The topological polar surface area (TPSA) is 87.7 Å². The van der Waals surface area contributed by atoms with E-state index in [0.29, 0.717) is 23.6 Å². The van der Waals surface area contributed by atoms with Gasteiger partial charge in [0.1, 0.15) is 5.41 Å². The summed E-state index contributed by atoms with van der Waals surface area (Å²) in [5, 5.41) is 15.2. The number of amides is 1.